The van der Waals surface area contributed by atoms with Gasteiger partial charge in [0.2, 0.25) is 0 Å². The Hall–Kier alpha value is -0.910. The van der Waals surface area contributed by atoms with Crippen LogP contribution >= 0.6 is 0 Å². The Morgan fingerprint density at radius 3 is 1.94 bits per heavy atom. The van der Waals surface area contributed by atoms with Crippen molar-refractivity contribution in [2.75, 3.05) is 26.9 Å². The standard InChI is InChI=1S/C11H18N.CH4O3S/c1-4-12(2,3)10-11-8-6-5-7-9-11;1-5(2,3)4/h5-9H,4,10H2,1-3H3;1H3,(H,2,3,4)/q+1;/p-1. The van der Waals surface area contributed by atoms with Crippen LogP contribution in [0.3, 0.4) is 0 Å². The van der Waals surface area contributed by atoms with E-state index in [-0.39, 0.29) is 0 Å². The van der Waals surface area contributed by atoms with Crippen LogP contribution in [0.4, 0.5) is 0 Å². The molecule has 0 radical (unpaired) electrons. The zero-order valence-electron chi connectivity index (χ0n) is 10.9. The molecule has 0 heterocycles. The Balaban J connectivity index is 0.000000437. The lowest BCUT2D eigenvalue weighted by atomic mass is 10.2. The highest BCUT2D eigenvalue weighted by Crippen LogP contribution is 2.07. The fraction of sp³-hybridized carbons (Fsp3) is 0.500. The first-order chi connectivity index (χ1) is 7.64. The van der Waals surface area contributed by atoms with Crippen LogP contribution in [0.5, 0.6) is 0 Å². The highest BCUT2D eigenvalue weighted by atomic mass is 32.2. The first-order valence-corrected chi connectivity index (χ1v) is 7.22. The number of hydrogen-bond acceptors (Lipinski definition) is 3. The lowest BCUT2D eigenvalue weighted by Crippen LogP contribution is -2.38. The highest BCUT2D eigenvalue weighted by molar-refractivity contribution is 7.84. The lowest BCUT2D eigenvalue weighted by Gasteiger charge is -2.28. The highest BCUT2D eigenvalue weighted by Gasteiger charge is 2.11. The predicted octanol–water partition coefficient (Wildman–Crippen LogP) is 1.44. The molecule has 0 unspecified atom stereocenters. The molecule has 0 aromatic heterocycles. The predicted molar refractivity (Wildman–Crippen MR) is 68.4 cm³/mol. The summed E-state index contributed by atoms with van der Waals surface area (Å²) in [6.07, 6.45) is 0.604. The van der Waals surface area contributed by atoms with Gasteiger partial charge in [0.15, 0.2) is 0 Å². The van der Waals surface area contributed by atoms with Gasteiger partial charge in [0.25, 0.3) is 0 Å². The molecule has 17 heavy (non-hydrogen) atoms. The summed E-state index contributed by atoms with van der Waals surface area (Å²) in [6, 6.07) is 10.6. The Bertz CT molecular complexity index is 405. The SMILES string of the molecule is CC[N+](C)(C)Cc1ccccc1.CS(=O)(=O)[O-]. The third-order valence-corrected chi connectivity index (χ3v) is 2.31. The molecule has 0 aliphatic carbocycles. The first kappa shape index (κ1) is 16.1. The van der Waals surface area contributed by atoms with Crippen molar-refractivity contribution in [3.63, 3.8) is 0 Å². The molecule has 0 bridgehead atoms. The van der Waals surface area contributed by atoms with Gasteiger partial charge >= 0.3 is 0 Å². The first-order valence-electron chi connectivity index (χ1n) is 5.41. The molecule has 0 spiro atoms. The summed E-state index contributed by atoms with van der Waals surface area (Å²) in [6.45, 7) is 4.52. The average molecular weight is 259 g/mol. The monoisotopic (exact) mass is 259 g/mol. The van der Waals surface area contributed by atoms with E-state index in [0.717, 1.165) is 11.0 Å². The zero-order valence-corrected chi connectivity index (χ0v) is 11.7. The number of quaternary nitrogens is 1. The van der Waals surface area contributed by atoms with Crippen LogP contribution in [-0.2, 0) is 16.7 Å². The third kappa shape index (κ3) is 11.4. The van der Waals surface area contributed by atoms with Crippen LogP contribution < -0.4 is 0 Å². The van der Waals surface area contributed by atoms with Crippen molar-refractivity contribution in [2.45, 2.75) is 13.5 Å². The molecule has 0 saturated carbocycles. The van der Waals surface area contributed by atoms with E-state index in [1.807, 2.05) is 0 Å². The molecule has 0 aliphatic heterocycles. The van der Waals surface area contributed by atoms with E-state index in [0.29, 0.717) is 6.26 Å². The molecule has 0 atom stereocenters. The quantitative estimate of drug-likeness (QED) is 0.609. The van der Waals surface area contributed by atoms with Gasteiger partial charge in [0.1, 0.15) is 6.54 Å². The van der Waals surface area contributed by atoms with E-state index in [2.05, 4.69) is 51.4 Å². The van der Waals surface area contributed by atoms with E-state index in [4.69, 9.17) is 13.0 Å². The van der Waals surface area contributed by atoms with Crippen LogP contribution in [0.25, 0.3) is 0 Å². The van der Waals surface area contributed by atoms with E-state index >= 15 is 0 Å². The van der Waals surface area contributed by atoms with Gasteiger partial charge in [-0.3, -0.25) is 0 Å². The zero-order chi connectivity index (χ0) is 13.5. The number of nitrogens with zero attached hydrogens (tertiary/aromatic N) is 1. The van der Waals surface area contributed by atoms with Crippen LogP contribution in [0.15, 0.2) is 30.3 Å². The minimum Gasteiger partial charge on any atom is -0.748 e. The second-order valence-corrected chi connectivity index (χ2v) is 6.01. The molecule has 5 heteroatoms. The fourth-order valence-corrected chi connectivity index (χ4v) is 1.19. The van der Waals surface area contributed by atoms with E-state index in [1.54, 1.807) is 0 Å². The van der Waals surface area contributed by atoms with Gasteiger partial charge < -0.3 is 9.04 Å². The van der Waals surface area contributed by atoms with Crippen molar-refractivity contribution >= 4 is 10.1 Å². The second kappa shape index (κ2) is 6.74. The molecular formula is C12H21NO3S. The van der Waals surface area contributed by atoms with Gasteiger partial charge in [-0.15, -0.1) is 0 Å². The van der Waals surface area contributed by atoms with Gasteiger partial charge in [-0.2, -0.15) is 0 Å². The summed E-state index contributed by atoms with van der Waals surface area (Å²) in [7, 11) is 0.597. The van der Waals surface area contributed by atoms with Crippen LogP contribution in [0.2, 0.25) is 0 Å². The van der Waals surface area contributed by atoms with E-state index < -0.39 is 10.1 Å². The fourth-order valence-electron chi connectivity index (χ4n) is 1.19. The van der Waals surface area contributed by atoms with Gasteiger partial charge in [0.05, 0.1) is 30.8 Å². The molecule has 0 saturated heterocycles. The molecule has 4 nitrogen and oxygen atoms in total. The maximum absolute atomic E-state index is 9.08. The van der Waals surface area contributed by atoms with Crippen molar-refractivity contribution in [3.8, 4) is 0 Å². The Kier molecular flexibility index (Phi) is 6.37. The van der Waals surface area contributed by atoms with E-state index in [9.17, 15) is 0 Å². The maximum atomic E-state index is 9.08. The Morgan fingerprint density at radius 2 is 1.59 bits per heavy atom. The van der Waals surface area contributed by atoms with Gasteiger partial charge in [0, 0.05) is 11.8 Å². The molecule has 1 aromatic carbocycles. The van der Waals surface area contributed by atoms with Crippen molar-refractivity contribution in [1.82, 2.24) is 0 Å². The summed E-state index contributed by atoms with van der Waals surface area (Å²) >= 11 is 0. The molecule has 98 valence electrons. The molecule has 1 rings (SSSR count). The summed E-state index contributed by atoms with van der Waals surface area (Å²) in [5.41, 5.74) is 1.42. The summed E-state index contributed by atoms with van der Waals surface area (Å²) in [4.78, 5) is 0. The number of hydrogen-bond donors (Lipinski definition) is 0. The van der Waals surface area contributed by atoms with E-state index in [1.165, 1.54) is 12.1 Å². The molecule has 0 fully saturated rings. The number of rotatable bonds is 3. The Morgan fingerprint density at radius 1 is 1.18 bits per heavy atom. The van der Waals surface area contributed by atoms with Crippen molar-refractivity contribution in [3.05, 3.63) is 35.9 Å². The van der Waals surface area contributed by atoms with Crippen LogP contribution in [0.1, 0.15) is 12.5 Å². The van der Waals surface area contributed by atoms with Crippen LogP contribution in [0, 0.1) is 0 Å². The minimum atomic E-state index is -3.92. The molecule has 1 aromatic rings. The minimum absolute atomic E-state index is 0.604. The van der Waals surface area contributed by atoms with Crippen molar-refractivity contribution in [2.24, 2.45) is 0 Å². The second-order valence-electron chi connectivity index (χ2n) is 4.60. The summed E-state index contributed by atoms with van der Waals surface area (Å²) in [5.74, 6) is 0. The average Bonchev–Trinajstić information content (AvgIpc) is 2.16. The van der Waals surface area contributed by atoms with Gasteiger partial charge in [-0.05, 0) is 6.92 Å². The molecule has 0 amide bonds. The smallest absolute Gasteiger partial charge is 0.104 e. The molecule has 0 N–H and O–H groups in total. The normalized spacial score (nSPS) is 11.6. The number of benzene rings is 1. The maximum Gasteiger partial charge on any atom is 0.104 e. The topological polar surface area (TPSA) is 57.2 Å². The molecular weight excluding hydrogens is 238 g/mol. The van der Waals surface area contributed by atoms with Crippen molar-refractivity contribution in [1.29, 1.82) is 0 Å². The lowest BCUT2D eigenvalue weighted by molar-refractivity contribution is -0.901. The third-order valence-electron chi connectivity index (χ3n) is 2.31. The van der Waals surface area contributed by atoms with Crippen molar-refractivity contribution < 1.29 is 17.5 Å². The Labute approximate surface area is 104 Å². The molecule has 0 aliphatic rings. The van der Waals surface area contributed by atoms with Gasteiger partial charge in [-0.25, -0.2) is 8.42 Å². The van der Waals surface area contributed by atoms with Gasteiger partial charge in [-0.1, -0.05) is 30.3 Å². The summed E-state index contributed by atoms with van der Waals surface area (Å²) < 4.78 is 28.3. The summed E-state index contributed by atoms with van der Waals surface area (Å²) in [5, 5.41) is 0. The van der Waals surface area contributed by atoms with Crippen LogP contribution in [-0.4, -0.2) is 44.3 Å². The largest absolute Gasteiger partial charge is 0.748 e.